The van der Waals surface area contributed by atoms with Crippen molar-refractivity contribution < 1.29 is 79.6 Å². The molecule has 0 unspecified atom stereocenters. The fourth-order valence-electron chi connectivity index (χ4n) is 5.66. The van der Waals surface area contributed by atoms with Gasteiger partial charge in [0.2, 0.25) is 0 Å². The van der Waals surface area contributed by atoms with Crippen LogP contribution in [0.3, 0.4) is 0 Å². The SMILES string of the molecule is CC(=O)[O-].CC(Cl)Cl.Cc1noc(C)c1-c1nn(C)c2ccc(B3OC(C)(C)C(C)(C)O3)cc12.Cc1noc(C)c1-c1nn(C)c2ccc(Br)cc12.[K+]. The van der Waals surface area contributed by atoms with Crippen molar-refractivity contribution in [3.8, 4) is 22.5 Å². The maximum atomic E-state index is 8.89. The first kappa shape index (κ1) is 45.3. The summed E-state index contributed by atoms with van der Waals surface area (Å²) in [6, 6.07) is 12.3. The quantitative estimate of drug-likeness (QED) is 0.186. The Morgan fingerprint density at radius 1 is 0.811 bits per heavy atom. The number of carboxylic acid groups (broad SMARTS) is 1. The molecule has 53 heavy (non-hydrogen) atoms. The first-order chi connectivity index (χ1) is 24.1. The first-order valence-corrected chi connectivity index (χ1v) is 18.1. The topological polar surface area (TPSA) is 146 Å². The number of fused-ring (bicyclic) bond motifs is 2. The Labute approximate surface area is 370 Å². The van der Waals surface area contributed by atoms with Crippen molar-refractivity contribution in [1.82, 2.24) is 29.9 Å². The molecule has 0 radical (unpaired) electrons. The Bertz CT molecular complexity index is 2150. The molecular weight excluding hydrogens is 813 g/mol. The van der Waals surface area contributed by atoms with Gasteiger partial charge in [-0.3, -0.25) is 9.36 Å². The monoisotopic (exact) mass is 854 g/mol. The molecule has 6 aromatic rings. The number of benzene rings is 2. The van der Waals surface area contributed by atoms with E-state index in [1.807, 2.05) is 69.4 Å². The summed E-state index contributed by atoms with van der Waals surface area (Å²) < 4.78 is 27.8. The average molecular weight is 856 g/mol. The summed E-state index contributed by atoms with van der Waals surface area (Å²) in [5.74, 6) is 0.482. The van der Waals surface area contributed by atoms with E-state index in [2.05, 4.69) is 77.2 Å². The molecule has 1 fully saturated rings. The molecule has 1 aliphatic rings. The summed E-state index contributed by atoms with van der Waals surface area (Å²) in [6.07, 6.45) is 0. The molecule has 0 amide bonds. The van der Waals surface area contributed by atoms with Crippen LogP contribution in [-0.2, 0) is 28.2 Å². The van der Waals surface area contributed by atoms with Gasteiger partial charge in [-0.15, -0.1) is 23.2 Å². The number of aryl methyl sites for hydroxylation is 6. The minimum absolute atomic E-state index is 0. The van der Waals surface area contributed by atoms with Crippen molar-refractivity contribution >= 4 is 79.5 Å². The molecule has 0 spiro atoms. The molecule has 0 atom stereocenters. The zero-order valence-corrected chi connectivity index (χ0v) is 38.6. The molecule has 12 nitrogen and oxygen atoms in total. The molecule has 4 aromatic heterocycles. The van der Waals surface area contributed by atoms with Gasteiger partial charge in [0.15, 0.2) is 0 Å². The average Bonchev–Trinajstić information content (AvgIpc) is 3.78. The third-order valence-corrected chi connectivity index (χ3v) is 9.25. The van der Waals surface area contributed by atoms with Crippen LogP contribution in [0, 0.1) is 27.7 Å². The number of alkyl halides is 2. The number of aromatic nitrogens is 6. The van der Waals surface area contributed by atoms with Gasteiger partial charge in [-0.05, 0) is 99.0 Å². The fraction of sp³-hybridized carbons (Fsp3) is 0.417. The smallest absolute Gasteiger partial charge is 0.550 e. The Hall–Kier alpha value is -2.05. The van der Waals surface area contributed by atoms with E-state index >= 15 is 0 Å². The van der Waals surface area contributed by atoms with Gasteiger partial charge < -0.3 is 28.3 Å². The third-order valence-electron chi connectivity index (χ3n) is 8.75. The van der Waals surface area contributed by atoms with E-state index in [1.165, 1.54) is 0 Å². The Morgan fingerprint density at radius 2 is 1.19 bits per heavy atom. The minimum atomic E-state index is -1.08. The maximum Gasteiger partial charge on any atom is 1.00 e. The number of halogens is 3. The van der Waals surface area contributed by atoms with Crippen LogP contribution in [0.1, 0.15) is 64.5 Å². The van der Waals surface area contributed by atoms with Crippen molar-refractivity contribution in [2.24, 2.45) is 14.1 Å². The first-order valence-electron chi connectivity index (χ1n) is 16.4. The van der Waals surface area contributed by atoms with Crippen molar-refractivity contribution in [2.45, 2.75) is 85.3 Å². The van der Waals surface area contributed by atoms with Gasteiger partial charge in [-0.1, -0.05) is 38.4 Å². The van der Waals surface area contributed by atoms with Gasteiger partial charge in [-0.2, -0.15) is 10.2 Å². The molecule has 0 N–H and O–H groups in total. The van der Waals surface area contributed by atoms with Gasteiger partial charge in [0.05, 0.1) is 44.8 Å². The van der Waals surface area contributed by atoms with Crippen LogP contribution in [0.5, 0.6) is 0 Å². The van der Waals surface area contributed by atoms with Crippen molar-refractivity contribution in [1.29, 1.82) is 0 Å². The predicted octanol–water partition coefficient (Wildman–Crippen LogP) is 4.32. The fourth-order valence-corrected chi connectivity index (χ4v) is 6.02. The second-order valence-electron chi connectivity index (χ2n) is 13.4. The van der Waals surface area contributed by atoms with Crippen LogP contribution >= 0.6 is 39.1 Å². The van der Waals surface area contributed by atoms with Gasteiger partial charge in [0, 0.05) is 35.3 Å². The van der Waals surface area contributed by atoms with Crippen molar-refractivity contribution in [3.63, 3.8) is 0 Å². The van der Waals surface area contributed by atoms with E-state index in [0.717, 1.165) is 84.1 Å². The normalized spacial score (nSPS) is 14.2. The summed E-state index contributed by atoms with van der Waals surface area (Å²) >= 11 is 13.6. The summed E-state index contributed by atoms with van der Waals surface area (Å²) in [6.45, 7) is 18.6. The largest absolute Gasteiger partial charge is 1.00 e. The summed E-state index contributed by atoms with van der Waals surface area (Å²) in [5.41, 5.74) is 7.81. The maximum absolute atomic E-state index is 8.89. The molecule has 5 heterocycles. The zero-order valence-electron chi connectivity index (χ0n) is 32.4. The van der Waals surface area contributed by atoms with E-state index < -0.39 is 13.1 Å². The predicted molar refractivity (Wildman–Crippen MR) is 207 cm³/mol. The van der Waals surface area contributed by atoms with Crippen LogP contribution in [0.15, 0.2) is 49.9 Å². The Morgan fingerprint density at radius 3 is 1.57 bits per heavy atom. The van der Waals surface area contributed by atoms with E-state index in [1.54, 1.807) is 6.92 Å². The standard InChI is InChI=1S/C19H24BN3O3.C13H12BrN3O.C2H4Cl2.C2H4O2.K/c1-11-16(12(2)24-22-11)17-14-10-13(8-9-15(14)23(7)21-17)20-25-18(3,4)19(5,6)26-20;1-7-12(8(2)18-16-7)13-10-6-9(14)4-5-11(10)17(3)15-13;2*1-2(3)4;/h8-10H,1-7H3;4-6H,1-3H3;2H,1H3;1H3,(H,3,4);/q;;;;+1/p-1. The molecule has 0 aliphatic carbocycles. The molecule has 0 bridgehead atoms. The number of aliphatic carboxylic acids is 1. The minimum Gasteiger partial charge on any atom is -0.550 e. The van der Waals surface area contributed by atoms with Gasteiger partial charge in [0.1, 0.15) is 27.7 Å². The van der Waals surface area contributed by atoms with E-state index in [4.69, 9.17) is 56.6 Å². The number of nitrogens with zero attached hydrogens (tertiary/aromatic N) is 6. The van der Waals surface area contributed by atoms with Gasteiger partial charge in [-0.25, -0.2) is 0 Å². The number of carbonyl (C=O) groups excluding carboxylic acids is 1. The second-order valence-corrected chi connectivity index (χ2v) is 15.8. The third kappa shape index (κ3) is 10.4. The van der Waals surface area contributed by atoms with Crippen LogP contribution in [0.25, 0.3) is 44.3 Å². The van der Waals surface area contributed by atoms with E-state index in [-0.39, 0.29) is 67.4 Å². The molecule has 2 aromatic carbocycles. The van der Waals surface area contributed by atoms with Crippen LogP contribution < -0.4 is 62.0 Å². The number of hydrogen-bond acceptors (Lipinski definition) is 10. The number of carbonyl (C=O) groups is 1. The summed E-state index contributed by atoms with van der Waals surface area (Å²) in [7, 11) is 3.48. The number of carboxylic acids is 1. The molecule has 1 aliphatic heterocycles. The number of hydrogen-bond donors (Lipinski definition) is 0. The Balaban J connectivity index is 0.000000243. The van der Waals surface area contributed by atoms with Gasteiger partial charge >= 0.3 is 58.5 Å². The van der Waals surface area contributed by atoms with Crippen molar-refractivity contribution in [3.05, 3.63) is 63.8 Å². The van der Waals surface area contributed by atoms with Gasteiger partial charge in [0.25, 0.3) is 0 Å². The van der Waals surface area contributed by atoms with Crippen LogP contribution in [0.2, 0.25) is 0 Å². The molecule has 7 rings (SSSR count). The molecule has 1 saturated heterocycles. The second kappa shape index (κ2) is 18.3. The summed E-state index contributed by atoms with van der Waals surface area (Å²) in [5, 5.41) is 28.4. The molecule has 17 heteroatoms. The number of rotatable bonds is 3. The Kier molecular flexibility index (Phi) is 15.6. The van der Waals surface area contributed by atoms with Crippen molar-refractivity contribution in [2.75, 3.05) is 0 Å². The zero-order chi connectivity index (χ0) is 38.9. The van der Waals surface area contributed by atoms with Crippen LogP contribution in [0.4, 0.5) is 0 Å². The molecular formula is C36H43BBrCl2KN6O6. The summed E-state index contributed by atoms with van der Waals surface area (Å²) in [4.78, 5) is 8.67. The van der Waals surface area contributed by atoms with Crippen LogP contribution in [-0.4, -0.2) is 59.0 Å². The molecule has 0 saturated carbocycles. The van der Waals surface area contributed by atoms with E-state index in [0.29, 0.717) is 0 Å². The van der Waals surface area contributed by atoms with E-state index in [9.17, 15) is 0 Å². The molecule has 278 valence electrons.